The second-order valence-corrected chi connectivity index (χ2v) is 6.10. The van der Waals surface area contributed by atoms with Crippen LogP contribution in [0.15, 0.2) is 24.3 Å². The molecule has 0 radical (unpaired) electrons. The molecular formula is C17H26N3O2S+. The quantitative estimate of drug-likeness (QED) is 0.624. The molecule has 6 heteroatoms. The van der Waals surface area contributed by atoms with Crippen molar-refractivity contribution in [3.8, 4) is 0 Å². The van der Waals surface area contributed by atoms with Gasteiger partial charge in [-0.25, -0.2) is 4.79 Å². The van der Waals surface area contributed by atoms with E-state index in [1.807, 2.05) is 12.1 Å². The molecule has 1 aliphatic rings. The fraction of sp³-hybridized carbons (Fsp3) is 0.529. The number of esters is 1. The minimum Gasteiger partial charge on any atom is -0.462 e. The van der Waals surface area contributed by atoms with Crippen LogP contribution in [0.25, 0.3) is 0 Å². The van der Waals surface area contributed by atoms with Gasteiger partial charge in [0.25, 0.3) is 0 Å². The van der Waals surface area contributed by atoms with Crippen molar-refractivity contribution in [1.82, 2.24) is 4.90 Å². The Hall–Kier alpha value is -1.66. The smallest absolute Gasteiger partial charge is 0.338 e. The van der Waals surface area contributed by atoms with E-state index in [4.69, 9.17) is 17.0 Å². The van der Waals surface area contributed by atoms with Crippen LogP contribution < -0.4 is 10.2 Å². The summed E-state index contributed by atoms with van der Waals surface area (Å²) < 4.78 is 4.98. The number of ether oxygens (including phenoxy) is 1. The minimum absolute atomic E-state index is 0.295. The monoisotopic (exact) mass is 336 g/mol. The summed E-state index contributed by atoms with van der Waals surface area (Å²) >= 11 is 5.50. The van der Waals surface area contributed by atoms with E-state index in [-0.39, 0.29) is 5.97 Å². The summed E-state index contributed by atoms with van der Waals surface area (Å²) in [4.78, 5) is 15.5. The van der Waals surface area contributed by atoms with Crippen molar-refractivity contribution >= 4 is 29.0 Å². The average Bonchev–Trinajstić information content (AvgIpc) is 2.56. The highest BCUT2D eigenvalue weighted by Crippen LogP contribution is 2.11. The molecule has 5 nitrogen and oxygen atoms in total. The Kier molecular flexibility index (Phi) is 6.80. The van der Waals surface area contributed by atoms with Gasteiger partial charge in [-0.3, -0.25) is 0 Å². The molecule has 1 heterocycles. The van der Waals surface area contributed by atoms with Gasteiger partial charge >= 0.3 is 5.97 Å². The Morgan fingerprint density at radius 1 is 1.26 bits per heavy atom. The number of nitrogens with one attached hydrogen (secondary N) is 2. The molecule has 0 unspecified atom stereocenters. The average molecular weight is 336 g/mol. The van der Waals surface area contributed by atoms with Gasteiger partial charge in [0.1, 0.15) is 0 Å². The van der Waals surface area contributed by atoms with Crippen molar-refractivity contribution in [3.63, 3.8) is 0 Å². The summed E-state index contributed by atoms with van der Waals surface area (Å²) in [6.45, 7) is 9.90. The molecule has 0 atom stereocenters. The number of carbonyl (C=O) groups is 1. The molecule has 1 fully saturated rings. The summed E-state index contributed by atoms with van der Waals surface area (Å²) in [5, 5.41) is 4.01. The van der Waals surface area contributed by atoms with Gasteiger partial charge in [-0.05, 0) is 49.8 Å². The van der Waals surface area contributed by atoms with Gasteiger partial charge in [-0.2, -0.15) is 0 Å². The fourth-order valence-electron chi connectivity index (χ4n) is 2.74. The third-order valence-electron chi connectivity index (χ3n) is 4.01. The number of piperazine rings is 1. The van der Waals surface area contributed by atoms with Crippen molar-refractivity contribution in [2.45, 2.75) is 20.3 Å². The van der Waals surface area contributed by atoms with Crippen LogP contribution in [-0.4, -0.2) is 55.3 Å². The Morgan fingerprint density at radius 3 is 2.48 bits per heavy atom. The van der Waals surface area contributed by atoms with Gasteiger partial charge in [0.2, 0.25) is 0 Å². The van der Waals surface area contributed by atoms with E-state index in [1.54, 1.807) is 24.0 Å². The highest BCUT2D eigenvalue weighted by molar-refractivity contribution is 7.80. The van der Waals surface area contributed by atoms with Gasteiger partial charge in [-0.1, -0.05) is 6.92 Å². The first-order chi connectivity index (χ1) is 11.1. The van der Waals surface area contributed by atoms with Crippen LogP contribution in [0.4, 0.5) is 5.69 Å². The van der Waals surface area contributed by atoms with Crippen molar-refractivity contribution in [2.75, 3.05) is 44.6 Å². The Bertz CT molecular complexity index is 525. The summed E-state index contributed by atoms with van der Waals surface area (Å²) in [5.74, 6) is -0.295. The predicted octanol–water partition coefficient (Wildman–Crippen LogP) is 1.17. The van der Waals surface area contributed by atoms with Crippen LogP contribution in [0.3, 0.4) is 0 Å². The van der Waals surface area contributed by atoms with Crippen LogP contribution in [0.1, 0.15) is 30.6 Å². The third kappa shape index (κ3) is 5.18. The van der Waals surface area contributed by atoms with Crippen LogP contribution in [0.5, 0.6) is 0 Å². The van der Waals surface area contributed by atoms with Gasteiger partial charge in [0.05, 0.1) is 44.9 Å². The Labute approximate surface area is 143 Å². The zero-order chi connectivity index (χ0) is 16.7. The first-order valence-corrected chi connectivity index (χ1v) is 8.71. The Morgan fingerprint density at radius 2 is 1.91 bits per heavy atom. The molecule has 1 aliphatic heterocycles. The topological polar surface area (TPSA) is 46.0 Å². The van der Waals surface area contributed by atoms with E-state index < -0.39 is 0 Å². The van der Waals surface area contributed by atoms with E-state index in [9.17, 15) is 4.79 Å². The van der Waals surface area contributed by atoms with E-state index in [2.05, 4.69) is 17.1 Å². The lowest BCUT2D eigenvalue weighted by Gasteiger charge is -2.33. The number of rotatable bonds is 5. The van der Waals surface area contributed by atoms with Crippen LogP contribution in [-0.2, 0) is 4.74 Å². The van der Waals surface area contributed by atoms with Crippen molar-refractivity contribution in [1.29, 1.82) is 0 Å². The molecule has 126 valence electrons. The maximum Gasteiger partial charge on any atom is 0.338 e. The number of anilines is 1. The summed E-state index contributed by atoms with van der Waals surface area (Å²) in [7, 11) is 0. The molecule has 1 saturated heterocycles. The first kappa shape index (κ1) is 17.7. The van der Waals surface area contributed by atoms with E-state index in [0.717, 1.165) is 37.0 Å². The van der Waals surface area contributed by atoms with Crippen molar-refractivity contribution in [3.05, 3.63) is 29.8 Å². The largest absolute Gasteiger partial charge is 0.462 e. The number of hydrogen-bond donors (Lipinski definition) is 2. The molecule has 23 heavy (non-hydrogen) atoms. The second kappa shape index (κ2) is 8.84. The van der Waals surface area contributed by atoms with Gasteiger partial charge in [0.15, 0.2) is 5.11 Å². The molecule has 0 bridgehead atoms. The van der Waals surface area contributed by atoms with Crippen molar-refractivity contribution in [2.24, 2.45) is 0 Å². The zero-order valence-corrected chi connectivity index (χ0v) is 14.7. The number of quaternary nitrogens is 1. The highest BCUT2D eigenvalue weighted by atomic mass is 32.1. The van der Waals surface area contributed by atoms with E-state index in [1.165, 1.54) is 13.0 Å². The third-order valence-corrected chi connectivity index (χ3v) is 4.37. The lowest BCUT2D eigenvalue weighted by atomic mass is 10.2. The van der Waals surface area contributed by atoms with Crippen molar-refractivity contribution < 1.29 is 14.4 Å². The molecule has 0 amide bonds. The number of hydrogen-bond acceptors (Lipinski definition) is 3. The number of nitrogens with zero attached hydrogens (tertiary/aromatic N) is 1. The molecule has 1 aromatic carbocycles. The molecular weight excluding hydrogens is 310 g/mol. The maximum absolute atomic E-state index is 11.6. The van der Waals surface area contributed by atoms with Crippen LogP contribution >= 0.6 is 12.2 Å². The number of thiocarbonyl (C=S) groups is 1. The maximum atomic E-state index is 11.6. The standard InChI is InChI=1S/C17H25N3O2S/c1-3-9-19-10-12-20(13-11-19)17(23)18-15-7-5-14(6-8-15)16(21)22-4-2/h5-8H,3-4,9-13H2,1-2H3,(H,18,23)/p+1. The van der Waals surface area contributed by atoms with E-state index >= 15 is 0 Å². The predicted molar refractivity (Wildman–Crippen MR) is 96.0 cm³/mol. The van der Waals surface area contributed by atoms with Gasteiger partial charge in [0, 0.05) is 5.69 Å². The highest BCUT2D eigenvalue weighted by Gasteiger charge is 2.20. The minimum atomic E-state index is -0.295. The Balaban J connectivity index is 1.85. The molecule has 2 N–H and O–H groups in total. The summed E-state index contributed by atoms with van der Waals surface area (Å²) in [6, 6.07) is 7.23. The number of benzene rings is 1. The molecule has 0 saturated carbocycles. The lowest BCUT2D eigenvalue weighted by molar-refractivity contribution is -0.903. The van der Waals surface area contributed by atoms with Gasteiger partial charge < -0.3 is 19.9 Å². The second-order valence-electron chi connectivity index (χ2n) is 5.72. The molecule has 0 aliphatic carbocycles. The SMILES string of the molecule is CCC[NH+]1CCN(C(=S)Nc2ccc(C(=O)OCC)cc2)CC1. The fourth-order valence-corrected chi connectivity index (χ4v) is 3.04. The van der Waals surface area contributed by atoms with Gasteiger partial charge in [-0.15, -0.1) is 0 Å². The number of carbonyl (C=O) groups excluding carboxylic acids is 1. The van der Waals surface area contributed by atoms with E-state index in [0.29, 0.717) is 12.2 Å². The summed E-state index contributed by atoms with van der Waals surface area (Å²) in [5.41, 5.74) is 1.45. The molecule has 1 aromatic rings. The normalized spacial score (nSPS) is 15.3. The van der Waals surface area contributed by atoms with Crippen LogP contribution in [0, 0.1) is 0 Å². The van der Waals surface area contributed by atoms with Crippen LogP contribution in [0.2, 0.25) is 0 Å². The molecule has 2 rings (SSSR count). The first-order valence-electron chi connectivity index (χ1n) is 8.30. The zero-order valence-electron chi connectivity index (χ0n) is 13.9. The molecule has 0 spiro atoms. The lowest BCUT2D eigenvalue weighted by Crippen LogP contribution is -3.14. The summed E-state index contributed by atoms with van der Waals surface area (Å²) in [6.07, 6.45) is 1.23. The molecule has 0 aromatic heterocycles.